The van der Waals surface area contributed by atoms with Crippen molar-refractivity contribution in [3.05, 3.63) is 0 Å². The maximum absolute atomic E-state index is 5.21. The minimum atomic E-state index is 0. The Kier molecular flexibility index (Phi) is 9.96. The first kappa shape index (κ1) is 10.5. The van der Waals surface area contributed by atoms with Crippen molar-refractivity contribution in [3.63, 3.8) is 0 Å². The second kappa shape index (κ2) is 9.49. The summed E-state index contributed by atoms with van der Waals surface area (Å²) in [5.74, 6) is 0. The van der Waals surface area contributed by atoms with Crippen LogP contribution in [0.4, 0.5) is 0 Å². The average Bonchev–Trinajstić information content (AvgIpc) is 1.97. The number of hydrogen-bond acceptors (Lipinski definition) is 1. The zero-order valence-corrected chi connectivity index (χ0v) is 8.09. The Balaban J connectivity index is -0.000000405. The Bertz CT molecular complexity index is 57.0. The van der Waals surface area contributed by atoms with E-state index in [9.17, 15) is 0 Å². The molecule has 2 heteroatoms. The molecule has 0 unspecified atom stereocenters. The van der Waals surface area contributed by atoms with Gasteiger partial charge in [-0.25, -0.2) is 0 Å². The van der Waals surface area contributed by atoms with E-state index < -0.39 is 0 Å². The van der Waals surface area contributed by atoms with E-state index in [1.807, 2.05) is 6.92 Å². The third kappa shape index (κ3) is 8.49. The first-order chi connectivity index (χ1) is 4.91. The predicted molar refractivity (Wildman–Crippen MR) is 47.7 cm³/mol. The summed E-state index contributed by atoms with van der Waals surface area (Å²) in [4.78, 5) is 0. The molecule has 0 aliphatic carbocycles. The van der Waals surface area contributed by atoms with Gasteiger partial charge in [-0.1, -0.05) is 0 Å². The van der Waals surface area contributed by atoms with Gasteiger partial charge in [0.25, 0.3) is 0 Å². The summed E-state index contributed by atoms with van der Waals surface area (Å²) >= 11 is 2.76. The first-order valence-electron chi connectivity index (χ1n) is 4.19. The maximum Gasteiger partial charge on any atom is -1.00 e. The van der Waals surface area contributed by atoms with Crippen molar-refractivity contribution >= 4 is 16.3 Å². The average molecular weight is 158 g/mol. The Labute approximate surface area is 75.5 Å². The Morgan fingerprint density at radius 2 is 1.90 bits per heavy atom. The summed E-state index contributed by atoms with van der Waals surface area (Å²) in [5.41, 5.74) is 0. The molecule has 0 aliphatic heterocycles. The largest absolute Gasteiger partial charge is 1.00 e. The van der Waals surface area contributed by atoms with E-state index in [1.165, 1.54) is 31.0 Å². The minimum Gasteiger partial charge on any atom is -1.00 e. The number of rotatable bonds is 7. The topological polar surface area (TPSA) is 9.23 Å². The fourth-order valence-electron chi connectivity index (χ4n) is 0.846. The van der Waals surface area contributed by atoms with Gasteiger partial charge in [0.15, 0.2) is 0 Å². The SMILES string of the molecule is CCOCCCCC[CH2][Al+2].[H-].[H-]. The van der Waals surface area contributed by atoms with E-state index in [1.54, 1.807) is 0 Å². The van der Waals surface area contributed by atoms with E-state index in [-0.39, 0.29) is 2.85 Å². The predicted octanol–water partition coefficient (Wildman–Crippen LogP) is 2.40. The second-order valence-electron chi connectivity index (χ2n) is 2.40. The molecule has 0 saturated heterocycles. The molecule has 0 saturated carbocycles. The fourth-order valence-corrected chi connectivity index (χ4v) is 1.14. The zero-order valence-electron chi connectivity index (χ0n) is 8.94. The molecule has 0 bridgehead atoms. The van der Waals surface area contributed by atoms with Crippen LogP contribution in [0.3, 0.4) is 0 Å². The molecular formula is C8H19AlO. The summed E-state index contributed by atoms with van der Waals surface area (Å²) in [7, 11) is 0. The molecule has 10 heavy (non-hydrogen) atoms. The maximum atomic E-state index is 5.21. The van der Waals surface area contributed by atoms with E-state index in [0.717, 1.165) is 13.2 Å². The normalized spacial score (nSPS) is 10.3. The summed E-state index contributed by atoms with van der Waals surface area (Å²) in [6.07, 6.45) is 5.26. The molecule has 0 N–H and O–H groups in total. The fraction of sp³-hybridized carbons (Fsp3) is 1.00. The van der Waals surface area contributed by atoms with Crippen molar-refractivity contribution in [2.75, 3.05) is 13.2 Å². The van der Waals surface area contributed by atoms with E-state index in [2.05, 4.69) is 16.3 Å². The van der Waals surface area contributed by atoms with Crippen LogP contribution in [0.2, 0.25) is 5.28 Å². The monoisotopic (exact) mass is 158 g/mol. The van der Waals surface area contributed by atoms with Gasteiger partial charge in [0, 0.05) is 0 Å². The molecule has 0 rings (SSSR count). The van der Waals surface area contributed by atoms with Gasteiger partial charge in [0.1, 0.15) is 0 Å². The standard InChI is InChI=1S/C8H17O.Al.2H/c1-3-5-6-7-8-9-4-2;;;/h1,3-8H2,2H3;;;/q;+2;2*-1. The van der Waals surface area contributed by atoms with Crippen LogP contribution in [0.15, 0.2) is 0 Å². The van der Waals surface area contributed by atoms with Gasteiger partial charge in [-0.3, -0.25) is 0 Å². The third-order valence-electron chi connectivity index (χ3n) is 1.45. The van der Waals surface area contributed by atoms with Gasteiger partial charge in [-0.2, -0.15) is 0 Å². The van der Waals surface area contributed by atoms with Crippen LogP contribution in [-0.4, -0.2) is 29.5 Å². The molecule has 0 spiro atoms. The van der Waals surface area contributed by atoms with Crippen molar-refractivity contribution < 1.29 is 7.59 Å². The van der Waals surface area contributed by atoms with E-state index >= 15 is 0 Å². The number of hydrogen-bond donors (Lipinski definition) is 0. The minimum absolute atomic E-state index is 0. The second-order valence-corrected chi connectivity index (χ2v) is 2.98. The quantitative estimate of drug-likeness (QED) is 0.408. The zero-order chi connectivity index (χ0) is 7.66. The summed E-state index contributed by atoms with van der Waals surface area (Å²) < 4.78 is 5.21. The molecule has 0 amide bonds. The number of unbranched alkanes of at least 4 members (excludes halogenated alkanes) is 3. The van der Waals surface area contributed by atoms with Crippen molar-refractivity contribution in [1.82, 2.24) is 0 Å². The molecule has 0 radical (unpaired) electrons. The van der Waals surface area contributed by atoms with E-state index in [0.29, 0.717) is 0 Å². The van der Waals surface area contributed by atoms with Crippen LogP contribution in [0.5, 0.6) is 0 Å². The van der Waals surface area contributed by atoms with Gasteiger partial charge >= 0.3 is 72.1 Å². The van der Waals surface area contributed by atoms with Crippen LogP contribution in [-0.2, 0) is 4.74 Å². The molecule has 0 atom stereocenters. The molecular weight excluding hydrogens is 139 g/mol. The first-order valence-corrected chi connectivity index (χ1v) is 5.01. The van der Waals surface area contributed by atoms with Crippen molar-refractivity contribution in [1.29, 1.82) is 0 Å². The number of ether oxygens (including phenoxy) is 1. The third-order valence-corrected chi connectivity index (χ3v) is 1.86. The molecule has 1 nitrogen and oxygen atoms in total. The Morgan fingerprint density at radius 1 is 1.20 bits per heavy atom. The van der Waals surface area contributed by atoms with Gasteiger partial charge < -0.3 is 2.85 Å². The molecule has 0 aromatic carbocycles. The van der Waals surface area contributed by atoms with E-state index in [4.69, 9.17) is 4.74 Å². The summed E-state index contributed by atoms with van der Waals surface area (Å²) in [6.45, 7) is 3.86. The molecule has 0 aromatic rings. The van der Waals surface area contributed by atoms with Crippen LogP contribution in [0.25, 0.3) is 0 Å². The molecule has 0 aliphatic rings. The van der Waals surface area contributed by atoms with Gasteiger partial charge in [0.2, 0.25) is 0 Å². The van der Waals surface area contributed by atoms with Crippen LogP contribution >= 0.6 is 0 Å². The van der Waals surface area contributed by atoms with Crippen LogP contribution < -0.4 is 0 Å². The van der Waals surface area contributed by atoms with Crippen molar-refractivity contribution in [3.8, 4) is 0 Å². The van der Waals surface area contributed by atoms with Crippen molar-refractivity contribution in [2.45, 2.75) is 37.9 Å². The van der Waals surface area contributed by atoms with Crippen LogP contribution in [0.1, 0.15) is 35.5 Å². The molecule has 0 heterocycles. The van der Waals surface area contributed by atoms with Gasteiger partial charge in [-0.15, -0.1) is 0 Å². The molecule has 0 fully saturated rings. The van der Waals surface area contributed by atoms with Crippen molar-refractivity contribution in [2.24, 2.45) is 0 Å². The van der Waals surface area contributed by atoms with Crippen LogP contribution in [0, 0.1) is 0 Å². The van der Waals surface area contributed by atoms with Gasteiger partial charge in [0.05, 0.1) is 0 Å². The van der Waals surface area contributed by atoms with Gasteiger partial charge in [-0.05, 0) is 0 Å². The summed E-state index contributed by atoms with van der Waals surface area (Å²) in [6, 6.07) is 0. The smallest absolute Gasteiger partial charge is 1.00 e. The molecule has 0 aromatic heterocycles. The Hall–Kier alpha value is 0.492. The summed E-state index contributed by atoms with van der Waals surface area (Å²) in [5, 5.41) is 1.24. The Morgan fingerprint density at radius 3 is 2.50 bits per heavy atom. The molecule has 60 valence electrons.